The van der Waals surface area contributed by atoms with Gasteiger partial charge >= 0.3 is 0 Å². The lowest BCUT2D eigenvalue weighted by Gasteiger charge is -2.07. The van der Waals surface area contributed by atoms with Gasteiger partial charge in [0.15, 0.2) is 0 Å². The lowest BCUT2D eigenvalue weighted by atomic mass is 10.2. The first-order valence-electron chi connectivity index (χ1n) is 5.33. The Morgan fingerprint density at radius 1 is 1.35 bits per heavy atom. The van der Waals surface area contributed by atoms with E-state index in [0.717, 1.165) is 19.3 Å². The molecule has 0 spiro atoms. The van der Waals surface area contributed by atoms with Gasteiger partial charge in [-0.1, -0.05) is 6.07 Å². The van der Waals surface area contributed by atoms with Crippen molar-refractivity contribution in [1.82, 2.24) is 0 Å². The summed E-state index contributed by atoms with van der Waals surface area (Å²) in [4.78, 5) is 10.2. The second-order valence-corrected chi connectivity index (χ2v) is 4.27. The molecule has 0 aromatic heterocycles. The first-order chi connectivity index (χ1) is 8.16. The summed E-state index contributed by atoms with van der Waals surface area (Å²) in [6.45, 7) is 0.667. The van der Waals surface area contributed by atoms with Gasteiger partial charge in [-0.15, -0.1) is 0 Å². The van der Waals surface area contributed by atoms with Crippen molar-refractivity contribution in [2.45, 2.75) is 19.3 Å². The van der Waals surface area contributed by atoms with Crippen LogP contribution >= 0.6 is 15.9 Å². The molecule has 1 aromatic rings. The van der Waals surface area contributed by atoms with E-state index in [1.165, 1.54) is 6.07 Å². The Morgan fingerprint density at radius 3 is 2.76 bits per heavy atom. The number of rotatable bonds is 7. The molecule has 0 saturated carbocycles. The molecule has 0 unspecified atom stereocenters. The van der Waals surface area contributed by atoms with Crippen molar-refractivity contribution in [3.05, 3.63) is 32.8 Å². The molecule has 0 aliphatic rings. The minimum atomic E-state index is -0.456. The second-order valence-electron chi connectivity index (χ2n) is 3.48. The summed E-state index contributed by atoms with van der Waals surface area (Å²) in [5.74, 6) is 0.475. The van der Waals surface area contributed by atoms with Crippen molar-refractivity contribution < 1.29 is 14.8 Å². The van der Waals surface area contributed by atoms with Crippen LogP contribution in [-0.2, 0) is 0 Å². The number of unbranched alkanes of at least 4 members (excludes halogenated alkanes) is 2. The summed E-state index contributed by atoms with van der Waals surface area (Å²) in [7, 11) is 0. The molecule has 0 saturated heterocycles. The Morgan fingerprint density at radius 2 is 2.12 bits per heavy atom. The minimum Gasteiger partial charge on any atom is -0.492 e. The summed E-state index contributed by atoms with van der Waals surface area (Å²) in [5.41, 5.74) is -0.00198. The van der Waals surface area contributed by atoms with E-state index in [4.69, 9.17) is 9.84 Å². The largest absolute Gasteiger partial charge is 0.492 e. The number of nitro groups is 1. The van der Waals surface area contributed by atoms with E-state index in [1.807, 2.05) is 0 Å². The maximum Gasteiger partial charge on any atom is 0.287 e. The van der Waals surface area contributed by atoms with Crippen molar-refractivity contribution in [1.29, 1.82) is 0 Å². The Balaban J connectivity index is 2.54. The molecule has 0 aliphatic carbocycles. The topological polar surface area (TPSA) is 72.6 Å². The summed E-state index contributed by atoms with van der Waals surface area (Å²) < 4.78 is 5.81. The van der Waals surface area contributed by atoms with Crippen LogP contribution in [-0.4, -0.2) is 23.2 Å². The smallest absolute Gasteiger partial charge is 0.287 e. The zero-order valence-electron chi connectivity index (χ0n) is 9.26. The van der Waals surface area contributed by atoms with Gasteiger partial charge in [0.05, 0.1) is 11.5 Å². The molecule has 6 heteroatoms. The molecular formula is C11H14BrNO4. The van der Waals surface area contributed by atoms with Gasteiger partial charge in [0.25, 0.3) is 5.69 Å². The van der Waals surface area contributed by atoms with Crippen LogP contribution in [0, 0.1) is 10.1 Å². The number of benzene rings is 1. The number of aliphatic hydroxyl groups is 1. The molecule has 1 aromatic carbocycles. The maximum atomic E-state index is 10.7. The van der Waals surface area contributed by atoms with Crippen LogP contribution in [0.1, 0.15) is 19.3 Å². The molecule has 17 heavy (non-hydrogen) atoms. The van der Waals surface area contributed by atoms with Crippen LogP contribution in [0.25, 0.3) is 0 Å². The second kappa shape index (κ2) is 7.24. The SMILES string of the molecule is O=[N+]([O-])c1cccc(OCCCCCO)c1Br. The molecule has 0 heterocycles. The average Bonchev–Trinajstić information content (AvgIpc) is 2.30. The molecule has 0 atom stereocenters. The van der Waals surface area contributed by atoms with Gasteiger partial charge < -0.3 is 9.84 Å². The third-order valence-corrected chi connectivity index (χ3v) is 3.00. The van der Waals surface area contributed by atoms with E-state index in [1.54, 1.807) is 12.1 Å². The Hall–Kier alpha value is -1.14. The average molecular weight is 304 g/mol. The molecule has 0 aliphatic heterocycles. The molecule has 0 amide bonds. The molecule has 5 nitrogen and oxygen atoms in total. The van der Waals surface area contributed by atoms with Crippen molar-refractivity contribution >= 4 is 21.6 Å². The van der Waals surface area contributed by atoms with Crippen LogP contribution in [0.3, 0.4) is 0 Å². The highest BCUT2D eigenvalue weighted by Crippen LogP contribution is 2.33. The van der Waals surface area contributed by atoms with E-state index in [9.17, 15) is 10.1 Å². The van der Waals surface area contributed by atoms with Gasteiger partial charge in [0, 0.05) is 12.7 Å². The van der Waals surface area contributed by atoms with Gasteiger partial charge in [-0.05, 0) is 41.3 Å². The predicted octanol–water partition coefficient (Wildman–Crippen LogP) is 2.90. The Labute approximate surface area is 108 Å². The first-order valence-corrected chi connectivity index (χ1v) is 6.12. The number of ether oxygens (including phenoxy) is 1. The van der Waals surface area contributed by atoms with Crippen LogP contribution in [0.4, 0.5) is 5.69 Å². The summed E-state index contributed by atoms with van der Waals surface area (Å²) in [6, 6.07) is 4.69. The quantitative estimate of drug-likeness (QED) is 0.477. The highest BCUT2D eigenvalue weighted by Gasteiger charge is 2.15. The summed E-state index contributed by atoms with van der Waals surface area (Å²) >= 11 is 3.16. The molecule has 1 N–H and O–H groups in total. The Kier molecular flexibility index (Phi) is 5.93. The predicted molar refractivity (Wildman–Crippen MR) is 67.2 cm³/mol. The fourth-order valence-corrected chi connectivity index (χ4v) is 1.85. The van der Waals surface area contributed by atoms with Crippen molar-refractivity contribution in [3.63, 3.8) is 0 Å². The highest BCUT2D eigenvalue weighted by molar-refractivity contribution is 9.10. The third kappa shape index (κ3) is 4.32. The molecule has 0 radical (unpaired) electrons. The van der Waals surface area contributed by atoms with E-state index < -0.39 is 4.92 Å². The van der Waals surface area contributed by atoms with Crippen LogP contribution in [0.15, 0.2) is 22.7 Å². The van der Waals surface area contributed by atoms with Crippen molar-refractivity contribution in [2.24, 2.45) is 0 Å². The molecule has 0 fully saturated rings. The lowest BCUT2D eigenvalue weighted by Crippen LogP contribution is -2.00. The van der Waals surface area contributed by atoms with E-state index >= 15 is 0 Å². The summed E-state index contributed by atoms with van der Waals surface area (Å²) in [5, 5.41) is 19.3. The molecule has 1 rings (SSSR count). The molecular weight excluding hydrogens is 290 g/mol. The van der Waals surface area contributed by atoms with Crippen molar-refractivity contribution in [3.8, 4) is 5.75 Å². The van der Waals surface area contributed by atoms with Crippen LogP contribution in [0.5, 0.6) is 5.75 Å². The number of halogens is 1. The van der Waals surface area contributed by atoms with Crippen molar-refractivity contribution in [2.75, 3.05) is 13.2 Å². The van der Waals surface area contributed by atoms with Gasteiger partial charge in [-0.2, -0.15) is 0 Å². The number of hydrogen-bond donors (Lipinski definition) is 1. The zero-order chi connectivity index (χ0) is 12.7. The zero-order valence-corrected chi connectivity index (χ0v) is 10.9. The van der Waals surface area contributed by atoms with Gasteiger partial charge in [0.1, 0.15) is 10.2 Å². The first kappa shape index (κ1) is 13.9. The van der Waals surface area contributed by atoms with E-state index in [-0.39, 0.29) is 12.3 Å². The number of hydrogen-bond acceptors (Lipinski definition) is 4. The van der Waals surface area contributed by atoms with Gasteiger partial charge in [-0.3, -0.25) is 10.1 Å². The number of nitro benzene ring substituents is 1. The van der Waals surface area contributed by atoms with Gasteiger partial charge in [0.2, 0.25) is 0 Å². The third-order valence-electron chi connectivity index (χ3n) is 2.20. The molecule has 0 bridgehead atoms. The van der Waals surface area contributed by atoms with Crippen LogP contribution < -0.4 is 4.74 Å². The lowest BCUT2D eigenvalue weighted by molar-refractivity contribution is -0.385. The van der Waals surface area contributed by atoms with Crippen LogP contribution in [0.2, 0.25) is 0 Å². The monoisotopic (exact) mass is 303 g/mol. The number of nitrogens with zero attached hydrogens (tertiary/aromatic N) is 1. The van der Waals surface area contributed by atoms with E-state index in [2.05, 4.69) is 15.9 Å². The fraction of sp³-hybridized carbons (Fsp3) is 0.455. The fourth-order valence-electron chi connectivity index (χ4n) is 1.32. The maximum absolute atomic E-state index is 10.7. The standard InChI is InChI=1S/C11H14BrNO4/c12-11-9(13(15)16)5-4-6-10(11)17-8-3-1-2-7-14/h4-6,14H,1-3,7-8H2. The Bertz CT molecular complexity index is 384. The normalized spacial score (nSPS) is 10.2. The van der Waals surface area contributed by atoms with Gasteiger partial charge in [-0.25, -0.2) is 0 Å². The van der Waals surface area contributed by atoms with E-state index in [0.29, 0.717) is 16.8 Å². The number of aliphatic hydroxyl groups excluding tert-OH is 1. The minimum absolute atomic E-state index is 0.00198. The highest BCUT2D eigenvalue weighted by atomic mass is 79.9. The summed E-state index contributed by atoms with van der Waals surface area (Å²) in [6.07, 6.45) is 2.44. The molecule has 94 valence electrons.